The van der Waals surface area contributed by atoms with Crippen molar-refractivity contribution < 1.29 is 33.3 Å². The molecule has 2 rings (SSSR count). The van der Waals surface area contributed by atoms with E-state index in [9.17, 15) is 9.59 Å². The van der Waals surface area contributed by atoms with E-state index in [1.807, 2.05) is 0 Å². The van der Waals surface area contributed by atoms with Gasteiger partial charge in [-0.15, -0.1) is 0 Å². The Labute approximate surface area is 147 Å². The van der Waals surface area contributed by atoms with Crippen LogP contribution in [0.5, 0.6) is 11.5 Å². The van der Waals surface area contributed by atoms with Crippen LogP contribution in [-0.2, 0) is 19.0 Å². The number of carbonyl (C=O) groups is 2. The van der Waals surface area contributed by atoms with Gasteiger partial charge in [0.25, 0.3) is 0 Å². The van der Waals surface area contributed by atoms with Gasteiger partial charge in [-0.25, -0.2) is 9.59 Å². The maximum Gasteiger partial charge on any atom is 0.340 e. The molecule has 0 amide bonds. The first-order valence-corrected chi connectivity index (χ1v) is 8.26. The summed E-state index contributed by atoms with van der Waals surface area (Å²) in [7, 11) is 2.71. The minimum Gasteiger partial charge on any atom is -0.493 e. The van der Waals surface area contributed by atoms with Crippen LogP contribution in [0.4, 0.5) is 0 Å². The zero-order chi connectivity index (χ0) is 18.2. The minimum absolute atomic E-state index is 0.0258. The number of carbonyl (C=O) groups excluding carboxylic acids is 2. The summed E-state index contributed by atoms with van der Waals surface area (Å²) in [6, 6.07) is 4.44. The van der Waals surface area contributed by atoms with Gasteiger partial charge in [0.15, 0.2) is 17.6 Å². The predicted octanol–water partition coefficient (Wildman–Crippen LogP) is 2.36. The van der Waals surface area contributed by atoms with Crippen molar-refractivity contribution in [3.05, 3.63) is 23.8 Å². The van der Waals surface area contributed by atoms with Gasteiger partial charge in [0.2, 0.25) is 0 Å². The first-order chi connectivity index (χ1) is 12.0. The number of benzene rings is 1. The van der Waals surface area contributed by atoms with E-state index in [2.05, 4.69) is 4.74 Å². The summed E-state index contributed by atoms with van der Waals surface area (Å²) in [5.41, 5.74) is 0.304. The fourth-order valence-corrected chi connectivity index (χ4v) is 2.45. The van der Waals surface area contributed by atoms with Gasteiger partial charge in [-0.1, -0.05) is 0 Å². The molecule has 1 saturated heterocycles. The highest BCUT2D eigenvalue weighted by Crippen LogP contribution is 2.29. The molecule has 1 aromatic rings. The number of hydrogen-bond acceptors (Lipinski definition) is 7. The minimum atomic E-state index is -0.740. The first-order valence-electron chi connectivity index (χ1n) is 8.26. The molecule has 0 bridgehead atoms. The second-order valence-electron chi connectivity index (χ2n) is 5.74. The van der Waals surface area contributed by atoms with Crippen LogP contribution in [-0.4, -0.2) is 51.6 Å². The summed E-state index contributed by atoms with van der Waals surface area (Å²) in [5.74, 6) is -0.566. The molecule has 7 heteroatoms. The number of esters is 2. The number of methoxy groups -OCH3 is 2. The van der Waals surface area contributed by atoms with Crippen molar-refractivity contribution in [1.29, 1.82) is 0 Å². The third-order valence-corrected chi connectivity index (χ3v) is 3.93. The largest absolute Gasteiger partial charge is 0.493 e. The Morgan fingerprint density at radius 2 is 2.04 bits per heavy atom. The van der Waals surface area contributed by atoms with Crippen LogP contribution in [0, 0.1) is 0 Å². The second-order valence-corrected chi connectivity index (χ2v) is 5.74. The smallest absolute Gasteiger partial charge is 0.340 e. The molecular formula is C18H24O7. The quantitative estimate of drug-likeness (QED) is 0.550. The Morgan fingerprint density at radius 3 is 2.68 bits per heavy atom. The van der Waals surface area contributed by atoms with Crippen molar-refractivity contribution in [3.8, 4) is 11.5 Å². The van der Waals surface area contributed by atoms with Crippen LogP contribution < -0.4 is 9.47 Å². The van der Waals surface area contributed by atoms with Crippen LogP contribution in [0.25, 0.3) is 0 Å². The SMILES string of the molecule is COC(=O)c1ccc(OC(=O)C(C)OCC2CCCCO2)c(OC)c1. The molecule has 0 aliphatic carbocycles. The second kappa shape index (κ2) is 9.39. The summed E-state index contributed by atoms with van der Waals surface area (Å²) in [5, 5.41) is 0. The van der Waals surface area contributed by atoms with E-state index in [-0.39, 0.29) is 17.6 Å². The zero-order valence-corrected chi connectivity index (χ0v) is 14.8. The van der Waals surface area contributed by atoms with Crippen LogP contribution >= 0.6 is 0 Å². The van der Waals surface area contributed by atoms with Crippen molar-refractivity contribution in [2.45, 2.75) is 38.4 Å². The highest BCUT2D eigenvalue weighted by molar-refractivity contribution is 5.90. The average Bonchev–Trinajstić information content (AvgIpc) is 2.66. The van der Waals surface area contributed by atoms with E-state index in [0.717, 1.165) is 25.9 Å². The van der Waals surface area contributed by atoms with Crippen molar-refractivity contribution in [2.75, 3.05) is 27.4 Å². The van der Waals surface area contributed by atoms with Crippen molar-refractivity contribution in [1.82, 2.24) is 0 Å². The summed E-state index contributed by atoms with van der Waals surface area (Å²) >= 11 is 0. The molecule has 0 aromatic heterocycles. The van der Waals surface area contributed by atoms with Crippen LogP contribution in [0.2, 0.25) is 0 Å². The van der Waals surface area contributed by atoms with Gasteiger partial charge < -0.3 is 23.7 Å². The Hall–Kier alpha value is -2.12. The lowest BCUT2D eigenvalue weighted by atomic mass is 10.1. The van der Waals surface area contributed by atoms with Crippen molar-refractivity contribution >= 4 is 11.9 Å². The molecule has 2 atom stereocenters. The highest BCUT2D eigenvalue weighted by atomic mass is 16.6. The molecule has 1 aromatic carbocycles. The van der Waals surface area contributed by atoms with Gasteiger partial charge in [0.05, 0.1) is 32.5 Å². The maximum atomic E-state index is 12.2. The van der Waals surface area contributed by atoms with E-state index in [1.165, 1.54) is 32.4 Å². The molecular weight excluding hydrogens is 328 g/mol. The van der Waals surface area contributed by atoms with Gasteiger partial charge in [-0.05, 0) is 44.4 Å². The molecule has 1 fully saturated rings. The summed E-state index contributed by atoms with van der Waals surface area (Å²) in [6.07, 6.45) is 2.39. The van der Waals surface area contributed by atoms with Crippen molar-refractivity contribution in [2.24, 2.45) is 0 Å². The summed E-state index contributed by atoms with van der Waals surface area (Å²) < 4.78 is 26.3. The summed E-state index contributed by atoms with van der Waals surface area (Å²) in [6.45, 7) is 2.71. The first kappa shape index (κ1) is 19.2. The summed E-state index contributed by atoms with van der Waals surface area (Å²) in [4.78, 5) is 23.7. The number of ether oxygens (including phenoxy) is 5. The third kappa shape index (κ3) is 5.44. The van der Waals surface area contributed by atoms with Gasteiger partial charge in [0.1, 0.15) is 0 Å². The molecule has 138 valence electrons. The van der Waals surface area contributed by atoms with Crippen LogP contribution in [0.3, 0.4) is 0 Å². The molecule has 25 heavy (non-hydrogen) atoms. The van der Waals surface area contributed by atoms with Crippen LogP contribution in [0.1, 0.15) is 36.5 Å². The van der Waals surface area contributed by atoms with Gasteiger partial charge in [-0.3, -0.25) is 0 Å². The van der Waals surface area contributed by atoms with E-state index in [0.29, 0.717) is 12.2 Å². The highest BCUT2D eigenvalue weighted by Gasteiger charge is 2.22. The van der Waals surface area contributed by atoms with Crippen LogP contribution in [0.15, 0.2) is 18.2 Å². The van der Waals surface area contributed by atoms with E-state index in [4.69, 9.17) is 18.9 Å². The predicted molar refractivity (Wildman–Crippen MR) is 89.0 cm³/mol. The topological polar surface area (TPSA) is 80.3 Å². The van der Waals surface area contributed by atoms with Crippen molar-refractivity contribution in [3.63, 3.8) is 0 Å². The Bertz CT molecular complexity index is 593. The molecule has 1 aliphatic heterocycles. The van der Waals surface area contributed by atoms with Gasteiger partial charge >= 0.3 is 11.9 Å². The lowest BCUT2D eigenvalue weighted by Gasteiger charge is -2.23. The Morgan fingerprint density at radius 1 is 1.24 bits per heavy atom. The lowest BCUT2D eigenvalue weighted by Crippen LogP contribution is -2.31. The Kier molecular flexibility index (Phi) is 7.21. The molecule has 0 spiro atoms. The molecule has 0 N–H and O–H groups in total. The number of rotatable bonds is 7. The van der Waals surface area contributed by atoms with Gasteiger partial charge in [-0.2, -0.15) is 0 Å². The molecule has 1 heterocycles. The fourth-order valence-electron chi connectivity index (χ4n) is 2.45. The maximum absolute atomic E-state index is 12.2. The number of hydrogen-bond donors (Lipinski definition) is 0. The zero-order valence-electron chi connectivity index (χ0n) is 14.8. The lowest BCUT2D eigenvalue weighted by molar-refractivity contribution is -0.149. The van der Waals surface area contributed by atoms with Gasteiger partial charge in [0, 0.05) is 6.61 Å². The monoisotopic (exact) mass is 352 g/mol. The molecule has 0 radical (unpaired) electrons. The van der Waals surface area contributed by atoms with E-state index < -0.39 is 18.0 Å². The molecule has 7 nitrogen and oxygen atoms in total. The normalized spacial score (nSPS) is 18.3. The third-order valence-electron chi connectivity index (χ3n) is 3.93. The average molecular weight is 352 g/mol. The standard InChI is InChI=1S/C18H24O7/c1-12(24-11-14-6-4-5-9-23-14)17(19)25-15-8-7-13(18(20)22-3)10-16(15)21-2/h7-8,10,12,14H,4-6,9,11H2,1-3H3. The van der Waals surface area contributed by atoms with E-state index >= 15 is 0 Å². The molecule has 0 saturated carbocycles. The molecule has 2 unspecified atom stereocenters. The van der Waals surface area contributed by atoms with E-state index in [1.54, 1.807) is 6.92 Å². The Balaban J connectivity index is 1.93. The molecule has 1 aliphatic rings. The fraction of sp³-hybridized carbons (Fsp3) is 0.556.